The van der Waals surface area contributed by atoms with Gasteiger partial charge in [-0.3, -0.25) is 9.69 Å². The number of hydrogen-bond donors (Lipinski definition) is 1. The zero-order valence-electron chi connectivity index (χ0n) is 13.5. The number of piperidine rings is 1. The van der Waals surface area contributed by atoms with Crippen LogP contribution in [0.2, 0.25) is 0 Å². The summed E-state index contributed by atoms with van der Waals surface area (Å²) >= 11 is 0. The van der Waals surface area contributed by atoms with Crippen molar-refractivity contribution in [2.45, 2.75) is 32.2 Å². The summed E-state index contributed by atoms with van der Waals surface area (Å²) in [6.07, 6.45) is 2.42. The lowest BCUT2D eigenvalue weighted by molar-refractivity contribution is -0.143. The molecule has 1 N–H and O–H groups in total. The molecule has 5 heteroatoms. The lowest BCUT2D eigenvalue weighted by atomic mass is 9.93. The molecule has 1 unspecified atom stereocenters. The Morgan fingerprint density at radius 2 is 1.91 bits per heavy atom. The average Bonchev–Trinajstić information content (AvgIpc) is 2.55. The quantitative estimate of drug-likeness (QED) is 0.875. The van der Waals surface area contributed by atoms with Gasteiger partial charge in [0.05, 0.1) is 20.1 Å². The van der Waals surface area contributed by atoms with E-state index in [2.05, 4.69) is 17.9 Å². The van der Waals surface area contributed by atoms with Gasteiger partial charge in [0.15, 0.2) is 11.5 Å². The molecule has 1 aliphatic rings. The number of nitrogens with zero attached hydrogens (tertiary/aromatic N) is 1. The maximum Gasteiger partial charge on any atom is 0.306 e. The fourth-order valence-electron chi connectivity index (χ4n) is 3.22. The first-order chi connectivity index (χ1) is 10.6. The molecule has 0 bridgehead atoms. The summed E-state index contributed by atoms with van der Waals surface area (Å²) in [6, 6.07) is 6.31. The molecule has 2 rings (SSSR count). The van der Waals surface area contributed by atoms with Gasteiger partial charge >= 0.3 is 5.97 Å². The monoisotopic (exact) mass is 307 g/mol. The lowest BCUT2D eigenvalue weighted by Gasteiger charge is -2.36. The standard InChI is InChI=1S/C17H25NO4/c1-4-14(18-9-7-12(8-10-18)17(19)20)13-5-6-15(21-2)16(11-13)22-3/h5-6,11-12,14H,4,7-10H2,1-3H3,(H,19,20). The number of hydrogen-bond acceptors (Lipinski definition) is 4. The van der Waals surface area contributed by atoms with Crippen molar-refractivity contribution in [3.8, 4) is 11.5 Å². The highest BCUT2D eigenvalue weighted by Crippen LogP contribution is 2.34. The van der Waals surface area contributed by atoms with E-state index in [0.29, 0.717) is 0 Å². The highest BCUT2D eigenvalue weighted by atomic mass is 16.5. The molecule has 0 aromatic heterocycles. The number of aliphatic carboxylic acids is 1. The lowest BCUT2D eigenvalue weighted by Crippen LogP contribution is -2.38. The zero-order chi connectivity index (χ0) is 16.1. The van der Waals surface area contributed by atoms with Crippen LogP contribution in [0.5, 0.6) is 11.5 Å². The first-order valence-corrected chi connectivity index (χ1v) is 7.79. The molecule has 22 heavy (non-hydrogen) atoms. The Morgan fingerprint density at radius 1 is 1.27 bits per heavy atom. The number of carboxylic acid groups (broad SMARTS) is 1. The van der Waals surface area contributed by atoms with Crippen LogP contribution in [0.3, 0.4) is 0 Å². The summed E-state index contributed by atoms with van der Waals surface area (Å²) in [5.41, 5.74) is 1.19. The first kappa shape index (κ1) is 16.6. The summed E-state index contributed by atoms with van der Waals surface area (Å²) in [4.78, 5) is 13.5. The molecular formula is C17H25NO4. The fourth-order valence-corrected chi connectivity index (χ4v) is 3.22. The van der Waals surface area contributed by atoms with Crippen LogP contribution in [-0.2, 0) is 4.79 Å². The molecular weight excluding hydrogens is 282 g/mol. The van der Waals surface area contributed by atoms with Crippen molar-refractivity contribution in [1.29, 1.82) is 0 Å². The molecule has 1 fully saturated rings. The van der Waals surface area contributed by atoms with Crippen LogP contribution in [0.1, 0.15) is 37.8 Å². The highest BCUT2D eigenvalue weighted by molar-refractivity contribution is 5.70. The van der Waals surface area contributed by atoms with Crippen LogP contribution in [0.4, 0.5) is 0 Å². The van der Waals surface area contributed by atoms with Crippen molar-refractivity contribution in [2.75, 3.05) is 27.3 Å². The van der Waals surface area contributed by atoms with E-state index >= 15 is 0 Å². The van der Waals surface area contributed by atoms with Crippen LogP contribution in [0, 0.1) is 5.92 Å². The Labute approximate surface area is 131 Å². The number of rotatable bonds is 6. The van der Waals surface area contributed by atoms with E-state index < -0.39 is 5.97 Å². The van der Waals surface area contributed by atoms with Gasteiger partial charge in [0.25, 0.3) is 0 Å². The van der Waals surface area contributed by atoms with E-state index in [0.717, 1.165) is 43.9 Å². The number of ether oxygens (including phenoxy) is 2. The number of carbonyl (C=O) groups is 1. The van der Waals surface area contributed by atoms with E-state index in [-0.39, 0.29) is 12.0 Å². The number of methoxy groups -OCH3 is 2. The van der Waals surface area contributed by atoms with Crippen LogP contribution in [0.25, 0.3) is 0 Å². The molecule has 0 amide bonds. The van der Waals surface area contributed by atoms with Crippen molar-refractivity contribution in [3.05, 3.63) is 23.8 Å². The van der Waals surface area contributed by atoms with E-state index in [1.807, 2.05) is 12.1 Å². The van der Waals surface area contributed by atoms with Gasteiger partial charge < -0.3 is 14.6 Å². The third-order valence-electron chi connectivity index (χ3n) is 4.50. The van der Waals surface area contributed by atoms with Gasteiger partial charge in [0, 0.05) is 6.04 Å². The molecule has 1 saturated heterocycles. The van der Waals surface area contributed by atoms with Gasteiger partial charge in [-0.15, -0.1) is 0 Å². The van der Waals surface area contributed by atoms with E-state index in [1.165, 1.54) is 5.56 Å². The molecule has 5 nitrogen and oxygen atoms in total. The maximum absolute atomic E-state index is 11.1. The van der Waals surface area contributed by atoms with E-state index in [9.17, 15) is 4.79 Å². The average molecular weight is 307 g/mol. The summed E-state index contributed by atoms with van der Waals surface area (Å²) < 4.78 is 10.7. The van der Waals surface area contributed by atoms with Crippen LogP contribution in [-0.4, -0.2) is 43.3 Å². The van der Waals surface area contributed by atoms with Crippen molar-refractivity contribution < 1.29 is 19.4 Å². The van der Waals surface area contributed by atoms with Gasteiger partial charge in [0.2, 0.25) is 0 Å². The number of likely N-dealkylation sites (tertiary alicyclic amines) is 1. The molecule has 1 atom stereocenters. The van der Waals surface area contributed by atoms with Crippen molar-refractivity contribution in [3.63, 3.8) is 0 Å². The maximum atomic E-state index is 11.1. The molecule has 1 aromatic rings. The topological polar surface area (TPSA) is 59.0 Å². The third-order valence-corrected chi connectivity index (χ3v) is 4.50. The summed E-state index contributed by atoms with van der Waals surface area (Å²) in [6.45, 7) is 3.80. The molecule has 122 valence electrons. The first-order valence-electron chi connectivity index (χ1n) is 7.79. The molecule has 1 aliphatic heterocycles. The second-order valence-corrected chi connectivity index (χ2v) is 5.69. The van der Waals surface area contributed by atoms with E-state index in [4.69, 9.17) is 14.6 Å². The largest absolute Gasteiger partial charge is 0.493 e. The zero-order valence-corrected chi connectivity index (χ0v) is 13.5. The normalized spacial score (nSPS) is 18.0. The van der Waals surface area contributed by atoms with Gasteiger partial charge in [-0.25, -0.2) is 0 Å². The second kappa shape index (κ2) is 7.49. The minimum absolute atomic E-state index is 0.195. The minimum atomic E-state index is -0.668. The molecule has 0 spiro atoms. The smallest absolute Gasteiger partial charge is 0.306 e. The minimum Gasteiger partial charge on any atom is -0.493 e. The Kier molecular flexibility index (Phi) is 5.66. The molecule has 0 aliphatic carbocycles. The molecule has 1 heterocycles. The SMILES string of the molecule is CCC(c1ccc(OC)c(OC)c1)N1CCC(C(=O)O)CC1. The summed E-state index contributed by atoms with van der Waals surface area (Å²) in [5.74, 6) is 0.600. The van der Waals surface area contributed by atoms with E-state index in [1.54, 1.807) is 14.2 Å². The summed E-state index contributed by atoms with van der Waals surface area (Å²) in [5, 5.41) is 9.11. The Bertz CT molecular complexity index is 509. The van der Waals surface area contributed by atoms with Gasteiger partial charge in [-0.2, -0.15) is 0 Å². The fraction of sp³-hybridized carbons (Fsp3) is 0.588. The molecule has 1 aromatic carbocycles. The summed E-state index contributed by atoms with van der Waals surface area (Å²) in [7, 11) is 3.27. The van der Waals surface area contributed by atoms with Crippen molar-refractivity contribution >= 4 is 5.97 Å². The van der Waals surface area contributed by atoms with Gasteiger partial charge in [-0.05, 0) is 50.0 Å². The van der Waals surface area contributed by atoms with Crippen molar-refractivity contribution in [2.24, 2.45) is 5.92 Å². The van der Waals surface area contributed by atoms with Gasteiger partial charge in [0.1, 0.15) is 0 Å². The Hall–Kier alpha value is -1.75. The predicted octanol–water partition coefficient (Wildman–Crippen LogP) is 2.95. The highest BCUT2D eigenvalue weighted by Gasteiger charge is 2.28. The predicted molar refractivity (Wildman–Crippen MR) is 84.5 cm³/mol. The Balaban J connectivity index is 2.13. The molecule has 0 radical (unpaired) electrons. The second-order valence-electron chi connectivity index (χ2n) is 5.69. The van der Waals surface area contributed by atoms with Gasteiger partial charge in [-0.1, -0.05) is 13.0 Å². The van der Waals surface area contributed by atoms with Crippen molar-refractivity contribution in [1.82, 2.24) is 4.90 Å². The Morgan fingerprint density at radius 3 is 2.41 bits per heavy atom. The number of carboxylic acids is 1. The van der Waals surface area contributed by atoms with Crippen LogP contribution < -0.4 is 9.47 Å². The van der Waals surface area contributed by atoms with Crippen LogP contribution in [0.15, 0.2) is 18.2 Å². The third kappa shape index (κ3) is 3.53. The number of benzene rings is 1. The molecule has 0 saturated carbocycles. The van der Waals surface area contributed by atoms with Crippen LogP contribution >= 0.6 is 0 Å².